The first kappa shape index (κ1) is 22.6. The van der Waals surface area contributed by atoms with Gasteiger partial charge in [-0.15, -0.1) is 0 Å². The highest BCUT2D eigenvalue weighted by molar-refractivity contribution is 7.89. The molecule has 1 aliphatic rings. The van der Waals surface area contributed by atoms with Gasteiger partial charge in [-0.2, -0.15) is 4.31 Å². The van der Waals surface area contributed by atoms with E-state index in [0.717, 1.165) is 11.1 Å². The molecule has 0 unspecified atom stereocenters. The third-order valence-electron chi connectivity index (χ3n) is 5.42. The maximum atomic E-state index is 13.3. The molecule has 2 aromatic carbocycles. The number of rotatable bonds is 6. The summed E-state index contributed by atoms with van der Waals surface area (Å²) in [7, 11) is -2.31. The van der Waals surface area contributed by atoms with E-state index in [0.29, 0.717) is 30.2 Å². The van der Waals surface area contributed by atoms with E-state index in [9.17, 15) is 13.2 Å². The van der Waals surface area contributed by atoms with Crippen LogP contribution in [0.4, 0.5) is 0 Å². The number of methoxy groups -OCH3 is 1. The summed E-state index contributed by atoms with van der Waals surface area (Å²) in [6.45, 7) is 4.27. The highest BCUT2D eigenvalue weighted by Crippen LogP contribution is 2.31. The number of amides is 1. The Labute approximate surface area is 183 Å². The van der Waals surface area contributed by atoms with Crippen molar-refractivity contribution >= 4 is 27.5 Å². The zero-order valence-electron chi connectivity index (χ0n) is 17.4. The van der Waals surface area contributed by atoms with Gasteiger partial charge in [0.1, 0.15) is 10.6 Å². The number of sulfonamides is 1. The molecule has 30 heavy (non-hydrogen) atoms. The van der Waals surface area contributed by atoms with Gasteiger partial charge in [-0.1, -0.05) is 29.8 Å². The first-order valence-electron chi connectivity index (χ1n) is 9.93. The van der Waals surface area contributed by atoms with Crippen LogP contribution in [0.5, 0.6) is 5.75 Å². The van der Waals surface area contributed by atoms with Crippen molar-refractivity contribution in [1.82, 2.24) is 9.62 Å². The minimum absolute atomic E-state index is 0.139. The maximum Gasteiger partial charge on any atom is 0.246 e. The molecule has 1 aliphatic heterocycles. The predicted molar refractivity (Wildman–Crippen MR) is 117 cm³/mol. The molecule has 0 aliphatic carbocycles. The number of carbonyl (C=O) groups excluding carboxylic acids is 1. The number of carbonyl (C=O) groups is 1. The van der Waals surface area contributed by atoms with Crippen LogP contribution in [0.1, 0.15) is 36.9 Å². The molecule has 0 bridgehead atoms. The minimum Gasteiger partial charge on any atom is -0.495 e. The van der Waals surface area contributed by atoms with Gasteiger partial charge >= 0.3 is 0 Å². The van der Waals surface area contributed by atoms with Gasteiger partial charge in [-0.05, 0) is 62.1 Å². The molecule has 0 aromatic heterocycles. The maximum absolute atomic E-state index is 13.3. The predicted octanol–water partition coefficient (Wildman–Crippen LogP) is 3.94. The minimum atomic E-state index is -3.77. The van der Waals surface area contributed by atoms with Crippen molar-refractivity contribution in [2.75, 3.05) is 20.2 Å². The Morgan fingerprint density at radius 3 is 2.60 bits per heavy atom. The monoisotopic (exact) mass is 450 g/mol. The molecule has 1 amide bonds. The van der Waals surface area contributed by atoms with Crippen LogP contribution in [-0.2, 0) is 14.8 Å². The number of nitrogens with zero attached hydrogens (tertiary/aromatic N) is 1. The van der Waals surface area contributed by atoms with Crippen molar-refractivity contribution in [2.45, 2.75) is 37.6 Å². The largest absolute Gasteiger partial charge is 0.495 e. The van der Waals surface area contributed by atoms with Crippen molar-refractivity contribution in [3.63, 3.8) is 0 Å². The fourth-order valence-electron chi connectivity index (χ4n) is 3.67. The summed E-state index contributed by atoms with van der Waals surface area (Å²) in [6.07, 6.45) is 1.27. The second-order valence-corrected chi connectivity index (χ2v) is 9.98. The van der Waals surface area contributed by atoms with Gasteiger partial charge in [-0.3, -0.25) is 4.79 Å². The highest BCUT2D eigenvalue weighted by Gasteiger charge is 2.35. The number of nitrogens with one attached hydrogen (secondary N) is 1. The molecule has 0 radical (unpaired) electrons. The quantitative estimate of drug-likeness (QED) is 0.723. The van der Waals surface area contributed by atoms with Crippen molar-refractivity contribution in [2.24, 2.45) is 5.92 Å². The lowest BCUT2D eigenvalue weighted by Crippen LogP contribution is -2.45. The van der Waals surface area contributed by atoms with Crippen LogP contribution >= 0.6 is 11.6 Å². The number of benzene rings is 2. The van der Waals surface area contributed by atoms with Crippen molar-refractivity contribution in [3.8, 4) is 5.75 Å². The van der Waals surface area contributed by atoms with Gasteiger partial charge in [0.05, 0.1) is 19.1 Å². The summed E-state index contributed by atoms with van der Waals surface area (Å²) in [5, 5.41) is 3.64. The fraction of sp³-hybridized carbons (Fsp3) is 0.409. The zero-order chi connectivity index (χ0) is 21.9. The highest BCUT2D eigenvalue weighted by atomic mass is 35.5. The average Bonchev–Trinajstić information content (AvgIpc) is 2.74. The van der Waals surface area contributed by atoms with E-state index in [2.05, 4.69) is 5.32 Å². The second-order valence-electron chi connectivity index (χ2n) is 7.64. The Kier molecular flexibility index (Phi) is 7.06. The van der Waals surface area contributed by atoms with Crippen LogP contribution in [0.15, 0.2) is 47.4 Å². The zero-order valence-corrected chi connectivity index (χ0v) is 19.0. The number of halogens is 1. The normalized spacial score (nSPS) is 18.6. The van der Waals surface area contributed by atoms with Crippen molar-refractivity contribution in [1.29, 1.82) is 0 Å². The Morgan fingerprint density at radius 2 is 1.93 bits per heavy atom. The fourth-order valence-corrected chi connectivity index (χ4v) is 5.56. The Hall–Kier alpha value is -2.09. The summed E-state index contributed by atoms with van der Waals surface area (Å²) in [6, 6.07) is 12.2. The van der Waals surface area contributed by atoms with E-state index in [1.54, 1.807) is 24.3 Å². The van der Waals surface area contributed by atoms with Crippen LogP contribution < -0.4 is 10.1 Å². The Morgan fingerprint density at radius 1 is 1.23 bits per heavy atom. The summed E-state index contributed by atoms with van der Waals surface area (Å²) < 4.78 is 33.2. The molecule has 162 valence electrons. The van der Waals surface area contributed by atoms with Gasteiger partial charge in [0.15, 0.2) is 0 Å². The van der Waals surface area contributed by atoms with E-state index in [1.165, 1.54) is 11.4 Å². The van der Waals surface area contributed by atoms with Crippen LogP contribution in [-0.4, -0.2) is 38.8 Å². The van der Waals surface area contributed by atoms with E-state index in [1.807, 2.05) is 32.0 Å². The smallest absolute Gasteiger partial charge is 0.246 e. The first-order valence-corrected chi connectivity index (χ1v) is 11.7. The summed E-state index contributed by atoms with van der Waals surface area (Å²) in [5.41, 5.74) is 1.77. The van der Waals surface area contributed by atoms with E-state index in [4.69, 9.17) is 16.3 Å². The van der Waals surface area contributed by atoms with Crippen LogP contribution in [0, 0.1) is 12.8 Å². The molecule has 1 fully saturated rings. The molecule has 1 heterocycles. The number of ether oxygens (including phenoxy) is 1. The molecule has 2 aromatic rings. The summed E-state index contributed by atoms with van der Waals surface area (Å²) >= 11 is 5.93. The summed E-state index contributed by atoms with van der Waals surface area (Å²) in [5.74, 6) is -0.240. The molecular formula is C22H27ClN2O4S. The van der Waals surface area contributed by atoms with Crippen LogP contribution in [0.3, 0.4) is 0 Å². The standard InChI is InChI=1S/C22H27ClN2O4S/c1-15-6-11-20(29-3)21(13-15)30(27,28)25-12-4-5-18(14-25)22(26)24-16(2)17-7-9-19(23)10-8-17/h6-11,13,16,18H,4-5,12,14H2,1-3H3,(H,24,26)/t16-,18+/m1/s1. The van der Waals surface area contributed by atoms with Gasteiger partial charge in [-0.25, -0.2) is 8.42 Å². The van der Waals surface area contributed by atoms with Gasteiger partial charge in [0.2, 0.25) is 15.9 Å². The van der Waals surface area contributed by atoms with E-state index < -0.39 is 15.9 Å². The molecule has 3 rings (SSSR count). The van der Waals surface area contributed by atoms with E-state index >= 15 is 0 Å². The molecule has 0 saturated carbocycles. The van der Waals surface area contributed by atoms with Crippen LogP contribution in [0.2, 0.25) is 5.02 Å². The molecule has 6 nitrogen and oxygen atoms in total. The molecule has 8 heteroatoms. The first-order chi connectivity index (χ1) is 14.2. The van der Waals surface area contributed by atoms with Gasteiger partial charge in [0.25, 0.3) is 0 Å². The third kappa shape index (κ3) is 4.96. The summed E-state index contributed by atoms with van der Waals surface area (Å²) in [4.78, 5) is 13.0. The van der Waals surface area contributed by atoms with Crippen molar-refractivity contribution < 1.29 is 17.9 Å². The lowest BCUT2D eigenvalue weighted by atomic mass is 9.98. The molecular weight excluding hydrogens is 424 g/mol. The average molecular weight is 451 g/mol. The number of aryl methyl sites for hydroxylation is 1. The number of piperidine rings is 1. The SMILES string of the molecule is COc1ccc(C)cc1S(=O)(=O)N1CCC[C@H](C(=O)N[C@H](C)c2ccc(Cl)cc2)C1. The Bertz CT molecular complexity index is 1010. The number of hydrogen-bond donors (Lipinski definition) is 1. The van der Waals surface area contributed by atoms with Crippen molar-refractivity contribution in [3.05, 3.63) is 58.6 Å². The van der Waals surface area contributed by atoms with Crippen LogP contribution in [0.25, 0.3) is 0 Å². The number of hydrogen-bond acceptors (Lipinski definition) is 4. The molecule has 2 atom stereocenters. The van der Waals surface area contributed by atoms with Gasteiger partial charge in [0, 0.05) is 18.1 Å². The third-order valence-corrected chi connectivity index (χ3v) is 7.56. The topological polar surface area (TPSA) is 75.7 Å². The molecule has 0 spiro atoms. The molecule has 1 N–H and O–H groups in total. The van der Waals surface area contributed by atoms with E-state index in [-0.39, 0.29) is 23.4 Å². The lowest BCUT2D eigenvalue weighted by Gasteiger charge is -2.32. The second kappa shape index (κ2) is 9.37. The molecule has 1 saturated heterocycles. The van der Waals surface area contributed by atoms with Gasteiger partial charge < -0.3 is 10.1 Å². The Balaban J connectivity index is 1.73. The lowest BCUT2D eigenvalue weighted by molar-refractivity contribution is -0.126.